The van der Waals surface area contributed by atoms with E-state index in [1.54, 1.807) is 24.3 Å². The van der Waals surface area contributed by atoms with E-state index in [0.717, 1.165) is 27.8 Å². The molecule has 3 aromatic rings. The average Bonchev–Trinajstić information content (AvgIpc) is 3.38. The second-order valence-corrected chi connectivity index (χ2v) is 10.3. The molecule has 5 rings (SSSR count). The number of carbonyl (C=O) groups excluding carboxylic acids is 2. The lowest BCUT2D eigenvalue weighted by Gasteiger charge is -2.22. The second-order valence-electron chi connectivity index (χ2n) is 10.3. The molecule has 41 heavy (non-hydrogen) atoms. The Hall–Kier alpha value is -4.31. The maximum atomic E-state index is 14.5. The van der Waals surface area contributed by atoms with E-state index in [1.165, 1.54) is 6.92 Å². The number of carboxylic acids is 1. The molecule has 214 valence electrons. The van der Waals surface area contributed by atoms with Gasteiger partial charge in [0.15, 0.2) is 6.04 Å². The van der Waals surface area contributed by atoms with Gasteiger partial charge in [-0.1, -0.05) is 78.9 Å². The van der Waals surface area contributed by atoms with Crippen LogP contribution in [0.1, 0.15) is 29.5 Å². The minimum Gasteiger partial charge on any atom is -0.480 e. The molecular formula is C31H30F2N2O6. The van der Waals surface area contributed by atoms with Crippen molar-refractivity contribution in [3.05, 3.63) is 95.6 Å². The Balaban J connectivity index is 1.12. The van der Waals surface area contributed by atoms with Gasteiger partial charge in [-0.3, -0.25) is 4.79 Å². The molecule has 0 bridgehead atoms. The lowest BCUT2D eigenvalue weighted by molar-refractivity contribution is -0.147. The summed E-state index contributed by atoms with van der Waals surface area (Å²) in [6.45, 7) is 1.06. The molecule has 0 aliphatic heterocycles. The van der Waals surface area contributed by atoms with Gasteiger partial charge in [0.25, 0.3) is 5.92 Å². The van der Waals surface area contributed by atoms with Crippen molar-refractivity contribution in [1.29, 1.82) is 0 Å². The van der Waals surface area contributed by atoms with Crippen LogP contribution in [0.2, 0.25) is 0 Å². The van der Waals surface area contributed by atoms with Crippen molar-refractivity contribution in [2.24, 2.45) is 11.8 Å². The van der Waals surface area contributed by atoms with E-state index in [0.29, 0.717) is 0 Å². The minimum atomic E-state index is -3.40. The summed E-state index contributed by atoms with van der Waals surface area (Å²) in [5, 5.41) is 14.1. The van der Waals surface area contributed by atoms with Crippen molar-refractivity contribution >= 4 is 18.0 Å². The number of fused-ring (bicyclic) bond motifs is 3. The predicted molar refractivity (Wildman–Crippen MR) is 145 cm³/mol. The summed E-state index contributed by atoms with van der Waals surface area (Å²) >= 11 is 0. The zero-order valence-corrected chi connectivity index (χ0v) is 22.3. The summed E-state index contributed by atoms with van der Waals surface area (Å²) < 4.78 is 40.0. The SMILES string of the molecule is C[C@@H](OCc1ccccc1)[C@H](NC(=O)[C@@H]1[C@H](CNC(=O)OCC2c3ccccc3-c3ccccc32)C1(F)F)C(=O)O. The fraction of sp³-hybridized carbons (Fsp3) is 0.323. The lowest BCUT2D eigenvalue weighted by Crippen LogP contribution is -2.49. The van der Waals surface area contributed by atoms with Gasteiger partial charge in [-0.2, -0.15) is 0 Å². The number of hydrogen-bond donors (Lipinski definition) is 3. The van der Waals surface area contributed by atoms with Crippen LogP contribution in [0, 0.1) is 11.8 Å². The van der Waals surface area contributed by atoms with Gasteiger partial charge in [0, 0.05) is 12.5 Å². The van der Waals surface area contributed by atoms with Crippen molar-refractivity contribution in [1.82, 2.24) is 10.6 Å². The number of carbonyl (C=O) groups is 3. The largest absolute Gasteiger partial charge is 0.480 e. The molecule has 1 saturated carbocycles. The van der Waals surface area contributed by atoms with E-state index in [9.17, 15) is 28.3 Å². The molecule has 2 aliphatic rings. The van der Waals surface area contributed by atoms with Crippen LogP contribution < -0.4 is 10.6 Å². The molecule has 0 saturated heterocycles. The number of aliphatic carboxylic acids is 1. The Morgan fingerprint density at radius 2 is 1.51 bits per heavy atom. The molecule has 0 aromatic heterocycles. The van der Waals surface area contributed by atoms with Crippen LogP contribution in [-0.4, -0.2) is 54.3 Å². The molecular weight excluding hydrogens is 534 g/mol. The molecule has 2 amide bonds. The Kier molecular flexibility index (Phi) is 8.03. The van der Waals surface area contributed by atoms with E-state index in [-0.39, 0.29) is 19.1 Å². The van der Waals surface area contributed by atoms with Crippen LogP contribution in [0.4, 0.5) is 13.6 Å². The molecule has 0 spiro atoms. The number of alkyl carbamates (subject to hydrolysis) is 1. The van der Waals surface area contributed by atoms with Gasteiger partial charge in [0.1, 0.15) is 12.5 Å². The van der Waals surface area contributed by atoms with E-state index in [4.69, 9.17) is 9.47 Å². The third-order valence-electron chi connectivity index (χ3n) is 7.68. The maximum Gasteiger partial charge on any atom is 0.407 e. The normalized spacial score (nSPS) is 19.8. The first-order valence-electron chi connectivity index (χ1n) is 13.3. The van der Waals surface area contributed by atoms with Crippen LogP contribution in [0.5, 0.6) is 0 Å². The van der Waals surface area contributed by atoms with Crippen molar-refractivity contribution in [3.63, 3.8) is 0 Å². The number of benzene rings is 3. The fourth-order valence-electron chi connectivity index (χ4n) is 5.37. The number of rotatable bonds is 11. The highest BCUT2D eigenvalue weighted by Crippen LogP contribution is 2.55. The summed E-state index contributed by atoms with van der Waals surface area (Å²) in [6.07, 6.45) is -1.86. The van der Waals surface area contributed by atoms with E-state index >= 15 is 0 Å². The van der Waals surface area contributed by atoms with Gasteiger partial charge in [-0.05, 0) is 34.7 Å². The molecule has 2 aliphatic carbocycles. The number of halogens is 2. The third-order valence-corrected chi connectivity index (χ3v) is 7.68. The van der Waals surface area contributed by atoms with Crippen LogP contribution in [-0.2, 0) is 25.7 Å². The van der Waals surface area contributed by atoms with E-state index in [2.05, 4.69) is 10.6 Å². The number of ether oxygens (including phenoxy) is 2. The van der Waals surface area contributed by atoms with Gasteiger partial charge >= 0.3 is 12.1 Å². The molecule has 0 radical (unpaired) electrons. The summed E-state index contributed by atoms with van der Waals surface area (Å²) in [6, 6.07) is 23.1. The molecule has 0 unspecified atom stereocenters. The van der Waals surface area contributed by atoms with E-state index in [1.807, 2.05) is 54.6 Å². The van der Waals surface area contributed by atoms with Crippen molar-refractivity contribution < 1.29 is 37.7 Å². The van der Waals surface area contributed by atoms with Crippen molar-refractivity contribution in [3.8, 4) is 11.1 Å². The first kappa shape index (κ1) is 28.2. The topological polar surface area (TPSA) is 114 Å². The first-order chi connectivity index (χ1) is 19.7. The summed E-state index contributed by atoms with van der Waals surface area (Å²) in [4.78, 5) is 36.8. The molecule has 0 heterocycles. The summed E-state index contributed by atoms with van der Waals surface area (Å²) in [7, 11) is 0. The van der Waals surface area contributed by atoms with Crippen LogP contribution in [0.3, 0.4) is 0 Å². The van der Waals surface area contributed by atoms with Crippen molar-refractivity contribution in [2.75, 3.05) is 13.2 Å². The molecule has 4 atom stereocenters. The van der Waals surface area contributed by atoms with Gasteiger partial charge in [-0.25, -0.2) is 18.4 Å². The van der Waals surface area contributed by atoms with E-state index < -0.39 is 54.4 Å². The molecule has 10 heteroatoms. The molecule has 8 nitrogen and oxygen atoms in total. The number of nitrogens with one attached hydrogen (secondary N) is 2. The Morgan fingerprint density at radius 3 is 2.12 bits per heavy atom. The van der Waals surface area contributed by atoms with Gasteiger partial charge in [0.2, 0.25) is 5.91 Å². The minimum absolute atomic E-state index is 0.0198. The number of hydrogen-bond acceptors (Lipinski definition) is 5. The standard InChI is InChI=1S/C31H30F2N2O6/c1-18(40-16-19-9-3-2-4-10-19)27(29(37)38)35-28(36)26-25(31(26,32)33)15-34-30(39)41-17-24-22-13-7-5-11-20(22)21-12-6-8-14-23(21)24/h2-14,18,24-27H,15-17H2,1H3,(H,34,39)(H,35,36)(H,37,38)/t18-,25+,26+,27+/m1/s1. The molecule has 1 fully saturated rings. The van der Waals surface area contributed by atoms with Crippen LogP contribution in [0.25, 0.3) is 11.1 Å². The summed E-state index contributed by atoms with van der Waals surface area (Å²) in [5.41, 5.74) is 4.94. The number of alkyl halides is 2. The molecule has 3 N–H and O–H groups in total. The fourth-order valence-corrected chi connectivity index (χ4v) is 5.37. The monoisotopic (exact) mass is 564 g/mol. The highest BCUT2D eigenvalue weighted by atomic mass is 19.3. The highest BCUT2D eigenvalue weighted by molar-refractivity contribution is 5.88. The Labute approximate surface area is 235 Å². The third kappa shape index (κ3) is 5.92. The van der Waals surface area contributed by atoms with Gasteiger partial charge in [-0.15, -0.1) is 0 Å². The van der Waals surface area contributed by atoms with Gasteiger partial charge < -0.3 is 25.2 Å². The van der Waals surface area contributed by atoms with Crippen LogP contribution in [0.15, 0.2) is 78.9 Å². The number of carboxylic acid groups (broad SMARTS) is 1. The average molecular weight is 565 g/mol. The zero-order valence-electron chi connectivity index (χ0n) is 22.3. The summed E-state index contributed by atoms with van der Waals surface area (Å²) in [5.74, 6) is -9.38. The highest BCUT2D eigenvalue weighted by Gasteiger charge is 2.71. The smallest absolute Gasteiger partial charge is 0.407 e. The molecule has 3 aromatic carbocycles. The number of amides is 2. The maximum absolute atomic E-state index is 14.5. The van der Waals surface area contributed by atoms with Crippen molar-refractivity contribution in [2.45, 2.75) is 37.5 Å². The van der Waals surface area contributed by atoms with Gasteiger partial charge in [0.05, 0.1) is 18.6 Å². The van der Waals surface area contributed by atoms with Crippen LogP contribution >= 0.6 is 0 Å². The Bertz CT molecular complexity index is 1390. The first-order valence-corrected chi connectivity index (χ1v) is 13.3. The predicted octanol–water partition coefficient (Wildman–Crippen LogP) is 4.58. The Morgan fingerprint density at radius 1 is 0.927 bits per heavy atom. The lowest BCUT2D eigenvalue weighted by atomic mass is 9.98. The quantitative estimate of drug-likeness (QED) is 0.314. The zero-order chi connectivity index (χ0) is 29.1. The second kappa shape index (κ2) is 11.7.